The molecule has 1 atom stereocenters. The first-order valence-electron chi connectivity index (χ1n) is 8.68. The summed E-state index contributed by atoms with van der Waals surface area (Å²) in [6.07, 6.45) is 0. The van der Waals surface area contributed by atoms with Crippen LogP contribution in [0.3, 0.4) is 0 Å². The molecule has 3 heterocycles. The van der Waals surface area contributed by atoms with Crippen molar-refractivity contribution in [3.05, 3.63) is 40.5 Å². The summed E-state index contributed by atoms with van der Waals surface area (Å²) in [6, 6.07) is 8.02. The standard InChI is InChI=1S/C18H23N5O2S/c1-12-19-18-23(20-12)17(24)16(26-18)15(22-9-7-21(2)8-10-22)13-5-4-6-14(11-13)25-3/h4-6,11,15,24H,7-10H2,1-3H3/t15-/m1/s1. The number of thiazole rings is 1. The van der Waals surface area contributed by atoms with Crippen molar-refractivity contribution in [3.63, 3.8) is 0 Å². The molecule has 7 nitrogen and oxygen atoms in total. The molecule has 0 radical (unpaired) electrons. The number of aromatic nitrogens is 3. The number of rotatable bonds is 4. The van der Waals surface area contributed by atoms with Gasteiger partial charge >= 0.3 is 0 Å². The van der Waals surface area contributed by atoms with Gasteiger partial charge in [-0.3, -0.25) is 4.90 Å². The van der Waals surface area contributed by atoms with Crippen molar-refractivity contribution >= 4 is 16.3 Å². The van der Waals surface area contributed by atoms with Crippen LogP contribution in [0, 0.1) is 6.92 Å². The number of nitrogens with zero attached hydrogens (tertiary/aromatic N) is 5. The maximum Gasteiger partial charge on any atom is 0.230 e. The molecule has 4 rings (SSSR count). The molecule has 1 aliphatic rings. The second-order valence-electron chi connectivity index (χ2n) is 6.66. The van der Waals surface area contributed by atoms with Gasteiger partial charge in [0.1, 0.15) is 11.6 Å². The van der Waals surface area contributed by atoms with Gasteiger partial charge in [0.2, 0.25) is 10.8 Å². The third-order valence-corrected chi connectivity index (χ3v) is 5.94. The molecule has 8 heteroatoms. The topological polar surface area (TPSA) is 66.1 Å². The molecule has 26 heavy (non-hydrogen) atoms. The van der Waals surface area contributed by atoms with Crippen LogP contribution in [-0.2, 0) is 0 Å². The predicted octanol–water partition coefficient (Wildman–Crippen LogP) is 2.15. The normalized spacial score (nSPS) is 17.7. The van der Waals surface area contributed by atoms with Gasteiger partial charge in [-0.1, -0.05) is 23.5 Å². The second-order valence-corrected chi connectivity index (χ2v) is 7.67. The quantitative estimate of drug-likeness (QED) is 0.756. The number of benzene rings is 1. The summed E-state index contributed by atoms with van der Waals surface area (Å²) in [5.41, 5.74) is 1.10. The van der Waals surface area contributed by atoms with E-state index in [2.05, 4.69) is 33.0 Å². The van der Waals surface area contributed by atoms with Crippen LogP contribution in [-0.4, -0.2) is 69.8 Å². The average molecular weight is 373 g/mol. The van der Waals surface area contributed by atoms with Crippen molar-refractivity contribution in [3.8, 4) is 11.6 Å². The van der Waals surface area contributed by atoms with E-state index in [0.29, 0.717) is 5.82 Å². The molecule has 1 fully saturated rings. The fourth-order valence-electron chi connectivity index (χ4n) is 3.45. The van der Waals surface area contributed by atoms with Crippen molar-refractivity contribution in [1.29, 1.82) is 0 Å². The van der Waals surface area contributed by atoms with Crippen LogP contribution in [0.25, 0.3) is 4.96 Å². The largest absolute Gasteiger partial charge is 0.497 e. The van der Waals surface area contributed by atoms with Crippen molar-refractivity contribution in [1.82, 2.24) is 24.4 Å². The highest BCUT2D eigenvalue weighted by Crippen LogP contribution is 2.40. The average Bonchev–Trinajstić information content (AvgIpc) is 3.15. The van der Waals surface area contributed by atoms with Crippen LogP contribution in [0.2, 0.25) is 0 Å². The highest BCUT2D eigenvalue weighted by molar-refractivity contribution is 7.17. The first-order valence-corrected chi connectivity index (χ1v) is 9.50. The number of likely N-dealkylation sites (N-methyl/N-ethyl adjacent to an activating group) is 1. The zero-order chi connectivity index (χ0) is 18.3. The first-order chi connectivity index (χ1) is 12.6. The lowest BCUT2D eigenvalue weighted by Gasteiger charge is -2.37. The fraction of sp³-hybridized carbons (Fsp3) is 0.444. The monoisotopic (exact) mass is 373 g/mol. The minimum absolute atomic E-state index is 0.0485. The fourth-order valence-corrected chi connectivity index (χ4v) is 4.61. The Balaban J connectivity index is 1.80. The van der Waals surface area contributed by atoms with Gasteiger partial charge in [0.25, 0.3) is 0 Å². The lowest BCUT2D eigenvalue weighted by molar-refractivity contribution is 0.127. The van der Waals surface area contributed by atoms with Gasteiger partial charge in [-0.05, 0) is 31.7 Å². The SMILES string of the molecule is COc1cccc([C@H](c2sc3nc(C)nn3c2O)N2CCN(C)CC2)c1. The Morgan fingerprint density at radius 1 is 1.23 bits per heavy atom. The lowest BCUT2D eigenvalue weighted by Crippen LogP contribution is -2.46. The van der Waals surface area contributed by atoms with Gasteiger partial charge in [-0.15, -0.1) is 5.10 Å². The summed E-state index contributed by atoms with van der Waals surface area (Å²) >= 11 is 1.50. The Morgan fingerprint density at radius 2 is 2.00 bits per heavy atom. The summed E-state index contributed by atoms with van der Waals surface area (Å²) in [5, 5.41) is 15.2. The van der Waals surface area contributed by atoms with Gasteiger partial charge < -0.3 is 14.7 Å². The summed E-state index contributed by atoms with van der Waals surface area (Å²) in [7, 11) is 3.81. The maximum atomic E-state index is 10.8. The summed E-state index contributed by atoms with van der Waals surface area (Å²) in [5.74, 6) is 1.66. The summed E-state index contributed by atoms with van der Waals surface area (Å²) in [6.45, 7) is 5.70. The summed E-state index contributed by atoms with van der Waals surface area (Å²) in [4.78, 5) is 10.7. The van der Waals surface area contributed by atoms with E-state index in [1.807, 2.05) is 25.1 Å². The Bertz CT molecular complexity index is 914. The number of aryl methyl sites for hydroxylation is 1. The van der Waals surface area contributed by atoms with Gasteiger partial charge in [-0.25, -0.2) is 4.98 Å². The predicted molar refractivity (Wildman–Crippen MR) is 101 cm³/mol. The number of methoxy groups -OCH3 is 1. The molecule has 138 valence electrons. The molecular weight excluding hydrogens is 350 g/mol. The number of hydrogen-bond acceptors (Lipinski definition) is 7. The van der Waals surface area contributed by atoms with Crippen LogP contribution in [0.4, 0.5) is 0 Å². The van der Waals surface area contributed by atoms with Gasteiger partial charge in [0.15, 0.2) is 0 Å². The van der Waals surface area contributed by atoms with Crippen molar-refractivity contribution in [2.75, 3.05) is 40.3 Å². The van der Waals surface area contributed by atoms with E-state index in [0.717, 1.165) is 47.3 Å². The number of aromatic hydroxyl groups is 1. The third kappa shape index (κ3) is 3.04. The summed E-state index contributed by atoms with van der Waals surface area (Å²) < 4.78 is 6.96. The zero-order valence-electron chi connectivity index (χ0n) is 15.2. The first kappa shape index (κ1) is 17.3. The van der Waals surface area contributed by atoms with Gasteiger partial charge in [0, 0.05) is 26.2 Å². The Labute approximate surface area is 156 Å². The van der Waals surface area contributed by atoms with Crippen LogP contribution < -0.4 is 4.74 Å². The lowest BCUT2D eigenvalue weighted by atomic mass is 10.0. The van der Waals surface area contributed by atoms with Crippen molar-refractivity contribution < 1.29 is 9.84 Å². The molecule has 0 amide bonds. The van der Waals surface area contributed by atoms with E-state index in [9.17, 15) is 5.11 Å². The Kier molecular flexibility index (Phi) is 4.56. The van der Waals surface area contributed by atoms with E-state index in [1.54, 1.807) is 11.6 Å². The van der Waals surface area contributed by atoms with Crippen LogP contribution in [0.5, 0.6) is 11.6 Å². The molecule has 1 aromatic carbocycles. The van der Waals surface area contributed by atoms with Crippen LogP contribution >= 0.6 is 11.3 Å². The van der Waals surface area contributed by atoms with E-state index < -0.39 is 0 Å². The maximum absolute atomic E-state index is 10.8. The second kappa shape index (κ2) is 6.86. The van der Waals surface area contributed by atoms with E-state index in [-0.39, 0.29) is 11.9 Å². The van der Waals surface area contributed by atoms with E-state index >= 15 is 0 Å². The number of fused-ring (bicyclic) bond motifs is 1. The molecule has 0 aliphatic carbocycles. The van der Waals surface area contributed by atoms with E-state index in [1.165, 1.54) is 11.3 Å². The molecule has 0 unspecified atom stereocenters. The highest BCUT2D eigenvalue weighted by Gasteiger charge is 2.31. The zero-order valence-corrected chi connectivity index (χ0v) is 16.0. The molecule has 0 saturated carbocycles. The van der Waals surface area contributed by atoms with Crippen molar-refractivity contribution in [2.45, 2.75) is 13.0 Å². The minimum atomic E-state index is -0.0485. The molecular formula is C18H23N5O2S. The van der Waals surface area contributed by atoms with Crippen LogP contribution in [0.1, 0.15) is 22.3 Å². The molecule has 3 aromatic rings. The Morgan fingerprint density at radius 3 is 2.69 bits per heavy atom. The molecule has 1 N–H and O–H groups in total. The smallest absolute Gasteiger partial charge is 0.230 e. The molecule has 2 aromatic heterocycles. The molecule has 0 bridgehead atoms. The Hall–Kier alpha value is -2.16. The molecule has 1 aliphatic heterocycles. The molecule has 1 saturated heterocycles. The number of piperazine rings is 1. The number of hydrogen-bond donors (Lipinski definition) is 1. The van der Waals surface area contributed by atoms with Crippen molar-refractivity contribution in [2.24, 2.45) is 0 Å². The molecule has 0 spiro atoms. The highest BCUT2D eigenvalue weighted by atomic mass is 32.1. The third-order valence-electron chi connectivity index (χ3n) is 4.87. The minimum Gasteiger partial charge on any atom is -0.497 e. The number of ether oxygens (including phenoxy) is 1. The van der Waals surface area contributed by atoms with Gasteiger partial charge in [-0.2, -0.15) is 4.52 Å². The van der Waals surface area contributed by atoms with Crippen LogP contribution in [0.15, 0.2) is 24.3 Å². The van der Waals surface area contributed by atoms with Gasteiger partial charge in [0.05, 0.1) is 18.0 Å². The van der Waals surface area contributed by atoms with E-state index in [4.69, 9.17) is 4.74 Å².